The van der Waals surface area contributed by atoms with E-state index in [-0.39, 0.29) is 6.10 Å². The van der Waals surface area contributed by atoms with Crippen LogP contribution in [0.5, 0.6) is 0 Å². The van der Waals surface area contributed by atoms with Crippen LogP contribution in [0.4, 0.5) is 0 Å². The number of aliphatic imine (C=N–C) groups is 1. The zero-order valence-electron chi connectivity index (χ0n) is 12.2. The molecule has 1 aliphatic heterocycles. The minimum absolute atomic E-state index is 0.203. The lowest BCUT2D eigenvalue weighted by Crippen LogP contribution is -2.42. The third kappa shape index (κ3) is 2.83. The molecule has 1 aliphatic rings. The third-order valence-corrected chi connectivity index (χ3v) is 4.26. The molecule has 2 heterocycles. The molecular weight excluding hydrogens is 272 g/mol. The van der Waals surface area contributed by atoms with Crippen LogP contribution in [0.1, 0.15) is 40.1 Å². The first-order valence-corrected chi connectivity index (χ1v) is 7.54. The number of morpholine rings is 1. The van der Waals surface area contributed by atoms with E-state index < -0.39 is 0 Å². The normalized spacial score (nSPS) is 21.2. The molecule has 2 rings (SSSR count). The lowest BCUT2D eigenvalue weighted by atomic mass is 10.1. The summed E-state index contributed by atoms with van der Waals surface area (Å²) in [6, 6.07) is 1.91. The van der Waals surface area contributed by atoms with Crippen LogP contribution in [0.25, 0.3) is 0 Å². The van der Waals surface area contributed by atoms with E-state index in [0.29, 0.717) is 13.2 Å². The van der Waals surface area contributed by atoms with Crippen LogP contribution < -0.4 is 0 Å². The van der Waals surface area contributed by atoms with Gasteiger partial charge in [-0.05, 0) is 26.8 Å². The van der Waals surface area contributed by atoms with Crippen molar-refractivity contribution in [2.45, 2.75) is 26.9 Å². The zero-order chi connectivity index (χ0) is 14.7. The zero-order valence-corrected chi connectivity index (χ0v) is 13.0. The molecule has 0 bridgehead atoms. The Morgan fingerprint density at radius 2 is 2.45 bits per heavy atom. The van der Waals surface area contributed by atoms with Crippen LogP contribution in [0.2, 0.25) is 0 Å². The number of carbonyl (C=O) groups is 1. The van der Waals surface area contributed by atoms with Gasteiger partial charge in [-0.1, -0.05) is 6.58 Å². The van der Waals surface area contributed by atoms with Gasteiger partial charge in [0.2, 0.25) is 0 Å². The van der Waals surface area contributed by atoms with E-state index in [0.717, 1.165) is 39.7 Å². The maximum atomic E-state index is 10.9. The van der Waals surface area contributed by atoms with Gasteiger partial charge in [0.1, 0.15) is 11.9 Å². The maximum Gasteiger partial charge on any atom is 0.160 e. The van der Waals surface area contributed by atoms with Crippen molar-refractivity contribution in [3.63, 3.8) is 0 Å². The second kappa shape index (κ2) is 6.33. The molecule has 108 valence electrons. The van der Waals surface area contributed by atoms with E-state index in [1.54, 1.807) is 0 Å². The molecular formula is C15H20N2O2S. The fourth-order valence-corrected chi connectivity index (χ4v) is 3.25. The summed E-state index contributed by atoms with van der Waals surface area (Å²) in [6.45, 7) is 12.1. The van der Waals surface area contributed by atoms with E-state index in [4.69, 9.17) is 4.74 Å². The number of allylic oxidation sites excluding steroid dienone is 1. The number of thiophene rings is 1. The summed E-state index contributed by atoms with van der Waals surface area (Å²) in [4.78, 5) is 19.5. The van der Waals surface area contributed by atoms with Crippen LogP contribution in [-0.2, 0) is 4.74 Å². The maximum absolute atomic E-state index is 10.9. The summed E-state index contributed by atoms with van der Waals surface area (Å²) < 4.78 is 5.93. The van der Waals surface area contributed by atoms with Crippen molar-refractivity contribution in [3.05, 3.63) is 33.7 Å². The topological polar surface area (TPSA) is 41.9 Å². The van der Waals surface area contributed by atoms with Gasteiger partial charge >= 0.3 is 0 Å². The lowest BCUT2D eigenvalue weighted by Gasteiger charge is -2.36. The van der Waals surface area contributed by atoms with E-state index >= 15 is 0 Å². The van der Waals surface area contributed by atoms with Gasteiger partial charge in [0.25, 0.3) is 0 Å². The lowest BCUT2D eigenvalue weighted by molar-refractivity contribution is 0.0579. The van der Waals surface area contributed by atoms with Crippen LogP contribution in [0.15, 0.2) is 23.3 Å². The van der Waals surface area contributed by atoms with Gasteiger partial charge in [-0.2, -0.15) is 0 Å². The Morgan fingerprint density at radius 1 is 1.70 bits per heavy atom. The fraction of sp³-hybridized carbons (Fsp3) is 0.467. The van der Waals surface area contributed by atoms with Gasteiger partial charge in [0, 0.05) is 29.2 Å². The molecule has 0 aliphatic carbocycles. The highest BCUT2D eigenvalue weighted by Gasteiger charge is 2.31. The molecule has 0 aromatic carbocycles. The first-order valence-electron chi connectivity index (χ1n) is 6.73. The quantitative estimate of drug-likeness (QED) is 0.800. The Morgan fingerprint density at radius 3 is 3.00 bits per heavy atom. The number of ether oxygens (including phenoxy) is 1. The molecule has 4 nitrogen and oxygen atoms in total. The number of aldehydes is 1. The summed E-state index contributed by atoms with van der Waals surface area (Å²) in [6.07, 6.45) is 0.683. The van der Waals surface area contributed by atoms with E-state index in [9.17, 15) is 4.79 Å². The molecule has 1 atom stereocenters. The average Bonchev–Trinajstić information content (AvgIpc) is 2.80. The summed E-state index contributed by atoms with van der Waals surface area (Å²) in [7, 11) is 0. The Hall–Kier alpha value is -1.46. The molecule has 0 saturated carbocycles. The molecule has 1 saturated heterocycles. The van der Waals surface area contributed by atoms with Crippen LogP contribution in [0.3, 0.4) is 0 Å². The van der Waals surface area contributed by atoms with Gasteiger partial charge < -0.3 is 9.64 Å². The highest BCUT2D eigenvalue weighted by atomic mass is 32.1. The second-order valence-electron chi connectivity index (χ2n) is 4.75. The first-order chi connectivity index (χ1) is 9.58. The van der Waals surface area contributed by atoms with Crippen molar-refractivity contribution >= 4 is 23.5 Å². The number of carbonyl (C=O) groups excluding carboxylic acids is 1. The Kier molecular flexibility index (Phi) is 4.73. The monoisotopic (exact) mass is 292 g/mol. The highest BCUT2D eigenvalue weighted by Crippen LogP contribution is 2.33. The molecule has 1 fully saturated rings. The number of rotatable bonds is 4. The van der Waals surface area contributed by atoms with Crippen LogP contribution in [0, 0.1) is 6.92 Å². The van der Waals surface area contributed by atoms with Crippen molar-refractivity contribution in [3.8, 4) is 0 Å². The van der Waals surface area contributed by atoms with E-state index in [1.807, 2.05) is 26.8 Å². The summed E-state index contributed by atoms with van der Waals surface area (Å²) in [5.74, 6) is 0.893. The van der Waals surface area contributed by atoms with Gasteiger partial charge in [-0.25, -0.2) is 0 Å². The van der Waals surface area contributed by atoms with Gasteiger partial charge in [0.05, 0.1) is 11.5 Å². The van der Waals surface area contributed by atoms with Crippen molar-refractivity contribution in [2.75, 3.05) is 19.7 Å². The predicted octanol–water partition coefficient (Wildman–Crippen LogP) is 3.19. The summed E-state index contributed by atoms with van der Waals surface area (Å²) in [5.41, 5.74) is 2.00. The molecule has 0 N–H and O–H groups in total. The molecule has 1 unspecified atom stereocenters. The first kappa shape index (κ1) is 14.9. The number of aryl methyl sites for hydroxylation is 1. The predicted molar refractivity (Wildman–Crippen MR) is 82.6 cm³/mol. The molecule has 1 aromatic rings. The smallest absolute Gasteiger partial charge is 0.160 e. The third-order valence-electron chi connectivity index (χ3n) is 3.27. The minimum atomic E-state index is -0.203. The molecule has 1 aromatic heterocycles. The Labute approximate surface area is 123 Å². The van der Waals surface area contributed by atoms with Crippen LogP contribution >= 0.6 is 11.3 Å². The van der Waals surface area contributed by atoms with E-state index in [1.165, 1.54) is 11.3 Å². The molecule has 0 amide bonds. The largest absolute Gasteiger partial charge is 0.364 e. The number of amidine groups is 1. The number of hydrogen-bond donors (Lipinski definition) is 0. The molecule has 0 radical (unpaired) electrons. The van der Waals surface area contributed by atoms with Crippen LogP contribution in [-0.4, -0.2) is 36.7 Å². The standard InChI is InChI=1S/C15H20N2O2S/c1-5-16-15-14(19-7-6-17(15)10(2)3)13-8-12(9-18)20-11(13)4/h8-9,14H,2,5-7H2,1,3-4H3. The SMILES string of the molecule is C=C(C)N1CCOC(c2cc(C=O)sc2C)C1=NCC. The highest BCUT2D eigenvalue weighted by molar-refractivity contribution is 7.13. The molecule has 20 heavy (non-hydrogen) atoms. The Balaban J connectivity index is 2.41. The summed E-state index contributed by atoms with van der Waals surface area (Å²) in [5, 5.41) is 0. The number of hydrogen-bond acceptors (Lipinski definition) is 4. The van der Waals surface area contributed by atoms with E-state index in [2.05, 4.69) is 16.5 Å². The van der Waals surface area contributed by atoms with Crippen molar-refractivity contribution < 1.29 is 9.53 Å². The minimum Gasteiger partial charge on any atom is -0.364 e. The Bertz CT molecular complexity index is 548. The second-order valence-corrected chi connectivity index (χ2v) is 6.04. The van der Waals surface area contributed by atoms with Crippen molar-refractivity contribution in [1.82, 2.24) is 4.90 Å². The summed E-state index contributed by atoms with van der Waals surface area (Å²) >= 11 is 1.49. The fourth-order valence-electron chi connectivity index (χ4n) is 2.38. The molecule has 5 heteroatoms. The number of nitrogens with zero attached hydrogens (tertiary/aromatic N) is 2. The molecule has 0 spiro atoms. The average molecular weight is 292 g/mol. The van der Waals surface area contributed by atoms with Gasteiger partial charge in [-0.3, -0.25) is 9.79 Å². The van der Waals surface area contributed by atoms with Gasteiger partial charge in [0.15, 0.2) is 6.29 Å². The van der Waals surface area contributed by atoms with Crippen molar-refractivity contribution in [1.29, 1.82) is 0 Å². The van der Waals surface area contributed by atoms with Gasteiger partial charge in [-0.15, -0.1) is 11.3 Å². The van der Waals surface area contributed by atoms with Crippen molar-refractivity contribution in [2.24, 2.45) is 4.99 Å².